The molecule has 2 N–H and O–H groups in total. The zero-order valence-corrected chi connectivity index (χ0v) is 14.8. The number of anilines is 1. The highest BCUT2D eigenvalue weighted by molar-refractivity contribution is 7.10. The van der Waals surface area contributed by atoms with Gasteiger partial charge in [-0.3, -0.25) is 4.79 Å². The Bertz CT molecular complexity index is 718. The van der Waals surface area contributed by atoms with Crippen LogP contribution in [0.15, 0.2) is 17.6 Å². The number of carbonyl (C=O) groups is 1. The van der Waals surface area contributed by atoms with E-state index in [0.29, 0.717) is 11.6 Å². The summed E-state index contributed by atoms with van der Waals surface area (Å²) >= 11 is 1.50. The Morgan fingerprint density at radius 3 is 2.62 bits per heavy atom. The number of rotatable bonds is 5. The number of amides is 1. The van der Waals surface area contributed by atoms with E-state index in [1.807, 2.05) is 5.38 Å². The van der Waals surface area contributed by atoms with Crippen molar-refractivity contribution in [1.82, 2.24) is 5.10 Å². The second-order valence-corrected chi connectivity index (χ2v) is 7.27. The van der Waals surface area contributed by atoms with Gasteiger partial charge in [0.25, 0.3) is 5.91 Å². The van der Waals surface area contributed by atoms with E-state index in [2.05, 4.69) is 31.2 Å². The Kier molecular flexibility index (Phi) is 5.37. The summed E-state index contributed by atoms with van der Waals surface area (Å²) in [5, 5.41) is 6.60. The standard InChI is InChI=1S/C16H20F3N3OS/c1-9(2)7-10(3)13-12(5-6-24-13)20-15(23)11-8-22(4)21-14(11)16(17,18)19/h5-6,8-10H,7H2,1-4H3,(H,20,23)/p+1/t10-/m1/s1. The van der Waals surface area contributed by atoms with Gasteiger partial charge in [-0.05, 0) is 29.7 Å². The lowest BCUT2D eigenvalue weighted by molar-refractivity contribution is -0.727. The fraction of sp³-hybridized carbons (Fsp3) is 0.500. The summed E-state index contributed by atoms with van der Waals surface area (Å²) in [4.78, 5) is 13.3. The van der Waals surface area contributed by atoms with Crippen LogP contribution in [0.3, 0.4) is 0 Å². The van der Waals surface area contributed by atoms with E-state index in [-0.39, 0.29) is 5.92 Å². The SMILES string of the molecule is CC(C)C[C@@H](C)c1sccc1NC(=O)c1c[n+](C)[nH]c1C(F)(F)F. The Hall–Kier alpha value is -1.83. The molecule has 1 atom stereocenters. The molecule has 132 valence electrons. The molecule has 0 spiro atoms. The van der Waals surface area contributed by atoms with Crippen LogP contribution < -0.4 is 10.00 Å². The van der Waals surface area contributed by atoms with Crippen LogP contribution >= 0.6 is 11.3 Å². The molecule has 0 aliphatic carbocycles. The molecule has 2 aromatic rings. The van der Waals surface area contributed by atoms with Crippen molar-refractivity contribution in [2.45, 2.75) is 39.3 Å². The van der Waals surface area contributed by atoms with E-state index in [4.69, 9.17) is 0 Å². The van der Waals surface area contributed by atoms with Crippen LogP contribution in [0.5, 0.6) is 0 Å². The third-order valence-corrected chi connectivity index (χ3v) is 4.77. The van der Waals surface area contributed by atoms with Crippen molar-refractivity contribution in [3.63, 3.8) is 0 Å². The highest BCUT2D eigenvalue weighted by Gasteiger charge is 2.40. The lowest BCUT2D eigenvalue weighted by Gasteiger charge is -2.15. The van der Waals surface area contributed by atoms with Crippen molar-refractivity contribution >= 4 is 22.9 Å². The fourth-order valence-corrected chi connectivity index (χ4v) is 3.65. The van der Waals surface area contributed by atoms with Crippen LogP contribution in [-0.4, -0.2) is 11.0 Å². The van der Waals surface area contributed by atoms with Gasteiger partial charge in [-0.25, -0.2) is 0 Å². The van der Waals surface area contributed by atoms with E-state index in [9.17, 15) is 18.0 Å². The van der Waals surface area contributed by atoms with Crippen LogP contribution in [0.1, 0.15) is 54.0 Å². The fourth-order valence-electron chi connectivity index (χ4n) is 2.72. The van der Waals surface area contributed by atoms with Gasteiger partial charge >= 0.3 is 6.18 Å². The summed E-state index contributed by atoms with van der Waals surface area (Å²) < 4.78 is 40.2. The predicted octanol–water partition coefficient (Wildman–Crippen LogP) is 4.32. The minimum atomic E-state index is -4.61. The highest BCUT2D eigenvalue weighted by Crippen LogP contribution is 2.35. The number of aryl methyl sites for hydroxylation is 1. The molecular weight excluding hydrogens is 339 g/mol. The normalized spacial score (nSPS) is 13.3. The van der Waals surface area contributed by atoms with E-state index in [0.717, 1.165) is 22.2 Å². The molecule has 2 heterocycles. The molecule has 0 radical (unpaired) electrons. The number of halogens is 3. The molecule has 2 aromatic heterocycles. The number of nitrogens with zero attached hydrogens (tertiary/aromatic N) is 1. The number of H-pyrrole nitrogens is 1. The first-order valence-corrected chi connectivity index (χ1v) is 8.52. The Labute approximate surface area is 142 Å². The molecule has 0 fully saturated rings. The van der Waals surface area contributed by atoms with Crippen LogP contribution in [-0.2, 0) is 13.2 Å². The molecule has 1 amide bonds. The maximum atomic E-state index is 13.0. The van der Waals surface area contributed by atoms with Gasteiger partial charge in [-0.15, -0.1) is 16.0 Å². The van der Waals surface area contributed by atoms with Crippen molar-refractivity contribution in [3.8, 4) is 0 Å². The second-order valence-electron chi connectivity index (χ2n) is 6.32. The molecule has 0 aliphatic heterocycles. The number of alkyl halides is 3. The summed E-state index contributed by atoms with van der Waals surface area (Å²) in [5.74, 6) is -0.0495. The van der Waals surface area contributed by atoms with E-state index in [1.165, 1.54) is 18.4 Å². The average Bonchev–Trinajstić information content (AvgIpc) is 3.03. The first-order chi connectivity index (χ1) is 11.1. The number of hydrogen-bond acceptors (Lipinski definition) is 2. The molecule has 2 rings (SSSR count). The molecule has 0 saturated carbocycles. The van der Waals surface area contributed by atoms with Crippen molar-refractivity contribution < 1.29 is 22.6 Å². The maximum absolute atomic E-state index is 13.0. The van der Waals surface area contributed by atoms with Crippen molar-refractivity contribution in [1.29, 1.82) is 0 Å². The van der Waals surface area contributed by atoms with Gasteiger partial charge in [0.15, 0.2) is 12.7 Å². The summed E-state index contributed by atoms with van der Waals surface area (Å²) in [6.07, 6.45) is -2.53. The monoisotopic (exact) mass is 360 g/mol. The minimum absolute atomic E-state index is 0.227. The van der Waals surface area contributed by atoms with Crippen LogP contribution in [0.4, 0.5) is 18.9 Å². The average molecular weight is 360 g/mol. The third-order valence-electron chi connectivity index (χ3n) is 3.62. The molecule has 0 aromatic carbocycles. The van der Waals surface area contributed by atoms with Gasteiger partial charge in [0.05, 0.1) is 5.69 Å². The lowest BCUT2D eigenvalue weighted by Crippen LogP contribution is -2.29. The number of thiophene rings is 1. The van der Waals surface area contributed by atoms with Crippen LogP contribution in [0.2, 0.25) is 0 Å². The largest absolute Gasteiger partial charge is 0.437 e. The maximum Gasteiger partial charge on any atom is 0.437 e. The van der Waals surface area contributed by atoms with Gasteiger partial charge in [-0.2, -0.15) is 18.3 Å². The van der Waals surface area contributed by atoms with Gasteiger partial charge in [0, 0.05) is 4.88 Å². The topological polar surface area (TPSA) is 48.8 Å². The zero-order valence-electron chi connectivity index (χ0n) is 14.0. The first kappa shape index (κ1) is 18.5. The predicted molar refractivity (Wildman–Crippen MR) is 87.1 cm³/mol. The van der Waals surface area contributed by atoms with Crippen molar-refractivity contribution in [2.75, 3.05) is 5.32 Å². The number of aromatic nitrogens is 2. The van der Waals surface area contributed by atoms with E-state index in [1.54, 1.807) is 6.07 Å². The number of aromatic amines is 1. The first-order valence-electron chi connectivity index (χ1n) is 7.64. The Morgan fingerprint density at radius 2 is 2.04 bits per heavy atom. The molecule has 0 saturated heterocycles. The van der Waals surface area contributed by atoms with Crippen LogP contribution in [0, 0.1) is 5.92 Å². The summed E-state index contributed by atoms with van der Waals surface area (Å²) in [6, 6.07) is 1.73. The number of nitrogens with one attached hydrogen (secondary N) is 2. The minimum Gasteiger partial charge on any atom is -0.321 e. The number of carbonyl (C=O) groups excluding carboxylic acids is 1. The van der Waals surface area contributed by atoms with Crippen molar-refractivity contribution in [2.24, 2.45) is 13.0 Å². The quantitative estimate of drug-likeness (QED) is 0.767. The molecule has 0 aliphatic rings. The molecule has 24 heavy (non-hydrogen) atoms. The molecule has 0 unspecified atom stereocenters. The highest BCUT2D eigenvalue weighted by atomic mass is 32.1. The summed E-state index contributed by atoms with van der Waals surface area (Å²) in [7, 11) is 1.41. The van der Waals surface area contributed by atoms with E-state index < -0.39 is 23.3 Å². The molecule has 4 nitrogen and oxygen atoms in total. The Balaban J connectivity index is 2.25. The van der Waals surface area contributed by atoms with Gasteiger partial charge in [-0.1, -0.05) is 20.8 Å². The molecule has 0 bridgehead atoms. The summed E-state index contributed by atoms with van der Waals surface area (Å²) in [5.41, 5.74) is -0.886. The van der Waals surface area contributed by atoms with Gasteiger partial charge in [0.1, 0.15) is 5.56 Å². The van der Waals surface area contributed by atoms with Gasteiger partial charge in [0.2, 0.25) is 6.20 Å². The van der Waals surface area contributed by atoms with E-state index >= 15 is 0 Å². The summed E-state index contributed by atoms with van der Waals surface area (Å²) in [6.45, 7) is 6.27. The van der Waals surface area contributed by atoms with Crippen molar-refractivity contribution in [3.05, 3.63) is 33.8 Å². The third kappa shape index (κ3) is 4.17. The zero-order chi connectivity index (χ0) is 18.1. The van der Waals surface area contributed by atoms with Crippen LogP contribution in [0.25, 0.3) is 0 Å². The molecule has 8 heteroatoms. The lowest BCUT2D eigenvalue weighted by atomic mass is 9.97. The number of hydrogen-bond donors (Lipinski definition) is 2. The smallest absolute Gasteiger partial charge is 0.321 e. The second kappa shape index (κ2) is 6.96. The Morgan fingerprint density at radius 1 is 1.38 bits per heavy atom. The van der Waals surface area contributed by atoms with Gasteiger partial charge < -0.3 is 5.32 Å². The molecular formula is C16H21F3N3OS+.